The predicted octanol–water partition coefficient (Wildman–Crippen LogP) is 0.722. The largest absolute Gasteiger partial charge is 0.497 e. The average Bonchev–Trinajstić information content (AvgIpc) is 2.28. The van der Waals surface area contributed by atoms with Gasteiger partial charge >= 0.3 is 0 Å². The lowest BCUT2D eigenvalue weighted by atomic mass is 9.96. The number of carbonyl (C=O) groups excluding carboxylic acids is 1. The number of hydrogen-bond donors (Lipinski definition) is 2. The lowest BCUT2D eigenvalue weighted by Crippen LogP contribution is -2.20. The van der Waals surface area contributed by atoms with Crippen molar-refractivity contribution in [3.05, 3.63) is 29.8 Å². The van der Waals surface area contributed by atoms with E-state index in [1.807, 2.05) is 24.3 Å². The minimum atomic E-state index is -0.387. The van der Waals surface area contributed by atoms with E-state index in [9.17, 15) is 4.79 Å². The minimum Gasteiger partial charge on any atom is -0.497 e. The molecule has 0 aromatic heterocycles. The fraction of sp³-hybridized carbons (Fsp3) is 0.417. The molecule has 0 saturated heterocycles. The molecular formula is C12H17NO3. The summed E-state index contributed by atoms with van der Waals surface area (Å²) in [4.78, 5) is 10.8. The van der Waals surface area contributed by atoms with Crippen LogP contribution in [-0.4, -0.2) is 24.7 Å². The molecule has 0 aliphatic heterocycles. The van der Waals surface area contributed by atoms with Crippen molar-refractivity contribution in [2.24, 2.45) is 11.7 Å². The Bertz CT molecular complexity index is 352. The summed E-state index contributed by atoms with van der Waals surface area (Å²) in [6.07, 6.45) is 0.824. The normalized spacial score (nSPS) is 12.1. The summed E-state index contributed by atoms with van der Waals surface area (Å²) in [5, 5.41) is 9.12. The lowest BCUT2D eigenvalue weighted by molar-refractivity contribution is -0.119. The maximum absolute atomic E-state index is 10.8. The third-order valence-electron chi connectivity index (χ3n) is 2.41. The predicted molar refractivity (Wildman–Crippen MR) is 61.1 cm³/mol. The molecule has 1 amide bonds. The Kier molecular flexibility index (Phi) is 4.79. The first kappa shape index (κ1) is 12.5. The lowest BCUT2D eigenvalue weighted by Gasteiger charge is -2.12. The number of hydrogen-bond acceptors (Lipinski definition) is 3. The Labute approximate surface area is 95.0 Å². The van der Waals surface area contributed by atoms with Crippen molar-refractivity contribution < 1.29 is 14.6 Å². The van der Waals surface area contributed by atoms with Crippen LogP contribution >= 0.6 is 0 Å². The zero-order valence-corrected chi connectivity index (χ0v) is 9.35. The van der Waals surface area contributed by atoms with E-state index in [1.165, 1.54) is 0 Å². The van der Waals surface area contributed by atoms with Gasteiger partial charge in [-0.05, 0) is 30.0 Å². The second-order valence-electron chi connectivity index (χ2n) is 3.77. The number of primary amides is 1. The molecule has 1 atom stereocenters. The highest BCUT2D eigenvalue weighted by Gasteiger charge is 2.11. The van der Waals surface area contributed by atoms with Crippen LogP contribution in [0.3, 0.4) is 0 Å². The first-order valence-corrected chi connectivity index (χ1v) is 5.17. The number of aliphatic hydroxyl groups is 1. The van der Waals surface area contributed by atoms with Crippen LogP contribution in [0.1, 0.15) is 12.0 Å². The SMILES string of the molecule is COc1cccc(C[C@H](CO)CC(N)=O)c1. The summed E-state index contributed by atoms with van der Waals surface area (Å²) in [5.41, 5.74) is 6.13. The van der Waals surface area contributed by atoms with Gasteiger partial charge in [-0.1, -0.05) is 12.1 Å². The first-order valence-electron chi connectivity index (χ1n) is 5.17. The molecule has 1 aromatic rings. The first-order chi connectivity index (χ1) is 7.65. The number of rotatable bonds is 6. The number of methoxy groups -OCH3 is 1. The van der Waals surface area contributed by atoms with Gasteiger partial charge in [0, 0.05) is 13.0 Å². The van der Waals surface area contributed by atoms with Gasteiger partial charge in [-0.15, -0.1) is 0 Å². The van der Waals surface area contributed by atoms with Crippen LogP contribution in [0, 0.1) is 5.92 Å². The molecular weight excluding hydrogens is 206 g/mol. The van der Waals surface area contributed by atoms with E-state index in [2.05, 4.69) is 0 Å². The van der Waals surface area contributed by atoms with E-state index in [0.717, 1.165) is 11.3 Å². The number of benzene rings is 1. The summed E-state index contributed by atoms with van der Waals surface area (Å²) in [7, 11) is 1.60. The molecule has 0 unspecified atom stereocenters. The molecule has 0 spiro atoms. The molecule has 0 aliphatic carbocycles. The third kappa shape index (κ3) is 3.90. The van der Waals surface area contributed by atoms with Crippen molar-refractivity contribution in [1.82, 2.24) is 0 Å². The van der Waals surface area contributed by atoms with E-state index in [4.69, 9.17) is 15.6 Å². The molecule has 88 valence electrons. The molecule has 0 bridgehead atoms. The number of carbonyl (C=O) groups is 1. The average molecular weight is 223 g/mol. The van der Waals surface area contributed by atoms with Crippen LogP contribution < -0.4 is 10.5 Å². The van der Waals surface area contributed by atoms with Gasteiger partial charge < -0.3 is 15.6 Å². The molecule has 1 rings (SSSR count). The van der Waals surface area contributed by atoms with Gasteiger partial charge in [0.25, 0.3) is 0 Å². The zero-order valence-electron chi connectivity index (χ0n) is 9.35. The standard InChI is InChI=1S/C12H17NO3/c1-16-11-4-2-3-9(6-11)5-10(8-14)7-12(13)15/h2-4,6,10,14H,5,7-8H2,1H3,(H2,13,15)/t10-/m0/s1. The van der Waals surface area contributed by atoms with E-state index >= 15 is 0 Å². The van der Waals surface area contributed by atoms with Gasteiger partial charge in [0.1, 0.15) is 5.75 Å². The third-order valence-corrected chi connectivity index (χ3v) is 2.41. The molecule has 16 heavy (non-hydrogen) atoms. The van der Waals surface area contributed by atoms with Gasteiger partial charge in [-0.25, -0.2) is 0 Å². The molecule has 0 heterocycles. The van der Waals surface area contributed by atoms with Crippen molar-refractivity contribution in [2.45, 2.75) is 12.8 Å². The number of amides is 1. The van der Waals surface area contributed by atoms with Crippen LogP contribution in [0.5, 0.6) is 5.75 Å². The monoisotopic (exact) mass is 223 g/mol. The molecule has 0 radical (unpaired) electrons. The van der Waals surface area contributed by atoms with Gasteiger partial charge in [-0.3, -0.25) is 4.79 Å². The summed E-state index contributed by atoms with van der Waals surface area (Å²) in [6, 6.07) is 7.56. The Morgan fingerprint density at radius 3 is 2.88 bits per heavy atom. The summed E-state index contributed by atoms with van der Waals surface area (Å²) in [5.74, 6) is 0.264. The fourth-order valence-corrected chi connectivity index (χ4v) is 1.62. The maximum atomic E-state index is 10.8. The van der Waals surface area contributed by atoms with Gasteiger partial charge in [-0.2, -0.15) is 0 Å². The Balaban J connectivity index is 2.65. The fourth-order valence-electron chi connectivity index (χ4n) is 1.62. The van der Waals surface area contributed by atoms with Crippen molar-refractivity contribution >= 4 is 5.91 Å². The molecule has 0 saturated carbocycles. The second kappa shape index (κ2) is 6.12. The molecule has 1 aromatic carbocycles. The summed E-state index contributed by atoms with van der Waals surface area (Å²) >= 11 is 0. The van der Waals surface area contributed by atoms with Crippen molar-refractivity contribution in [3.8, 4) is 5.75 Å². The van der Waals surface area contributed by atoms with Gasteiger partial charge in [0.15, 0.2) is 0 Å². The van der Waals surface area contributed by atoms with E-state index < -0.39 is 0 Å². The van der Waals surface area contributed by atoms with Crippen molar-refractivity contribution in [3.63, 3.8) is 0 Å². The molecule has 0 fully saturated rings. The summed E-state index contributed by atoms with van der Waals surface area (Å²) < 4.78 is 5.10. The highest BCUT2D eigenvalue weighted by Crippen LogP contribution is 2.17. The van der Waals surface area contributed by atoms with E-state index in [1.54, 1.807) is 7.11 Å². The van der Waals surface area contributed by atoms with Crippen LogP contribution in [0.25, 0.3) is 0 Å². The Hall–Kier alpha value is -1.55. The molecule has 3 N–H and O–H groups in total. The highest BCUT2D eigenvalue weighted by atomic mass is 16.5. The second-order valence-corrected chi connectivity index (χ2v) is 3.77. The topological polar surface area (TPSA) is 72.6 Å². The zero-order chi connectivity index (χ0) is 12.0. The number of nitrogens with two attached hydrogens (primary N) is 1. The van der Waals surface area contributed by atoms with Crippen LogP contribution in [-0.2, 0) is 11.2 Å². The van der Waals surface area contributed by atoms with Crippen molar-refractivity contribution in [1.29, 1.82) is 0 Å². The summed E-state index contributed by atoms with van der Waals surface area (Å²) in [6.45, 7) is -0.0415. The number of ether oxygens (including phenoxy) is 1. The Morgan fingerprint density at radius 2 is 2.31 bits per heavy atom. The van der Waals surface area contributed by atoms with E-state index in [-0.39, 0.29) is 24.9 Å². The minimum absolute atomic E-state index is 0.0415. The van der Waals surface area contributed by atoms with Crippen molar-refractivity contribution in [2.75, 3.05) is 13.7 Å². The molecule has 4 nitrogen and oxygen atoms in total. The Morgan fingerprint density at radius 1 is 1.56 bits per heavy atom. The van der Waals surface area contributed by atoms with Crippen LogP contribution in [0.15, 0.2) is 24.3 Å². The molecule has 0 aliphatic rings. The van der Waals surface area contributed by atoms with Crippen LogP contribution in [0.2, 0.25) is 0 Å². The number of aliphatic hydroxyl groups excluding tert-OH is 1. The maximum Gasteiger partial charge on any atom is 0.217 e. The van der Waals surface area contributed by atoms with Gasteiger partial charge in [0.2, 0.25) is 5.91 Å². The highest BCUT2D eigenvalue weighted by molar-refractivity contribution is 5.74. The van der Waals surface area contributed by atoms with Crippen LogP contribution in [0.4, 0.5) is 0 Å². The smallest absolute Gasteiger partial charge is 0.217 e. The molecule has 4 heteroatoms. The van der Waals surface area contributed by atoms with Gasteiger partial charge in [0.05, 0.1) is 7.11 Å². The quantitative estimate of drug-likeness (QED) is 0.746. The van der Waals surface area contributed by atoms with E-state index in [0.29, 0.717) is 6.42 Å².